The van der Waals surface area contributed by atoms with Crippen LogP contribution in [0.1, 0.15) is 30.3 Å². The molecule has 0 atom stereocenters. The van der Waals surface area contributed by atoms with Crippen molar-refractivity contribution >= 4 is 40.3 Å². The van der Waals surface area contributed by atoms with Gasteiger partial charge in [0.2, 0.25) is 0 Å². The van der Waals surface area contributed by atoms with Crippen LogP contribution in [-0.2, 0) is 0 Å². The van der Waals surface area contributed by atoms with Crippen molar-refractivity contribution in [3.8, 4) is 11.3 Å². The number of nitro groups is 1. The zero-order valence-electron chi connectivity index (χ0n) is 18.1. The standard InChI is InChI=1S/C24H24N4O4S/c1-16-11-13-27(14-12-16)19-7-5-18(6-8-19)25-24(33)26-23(29)22-10-9-21(32-22)17-3-2-4-20(15-17)28(30)31/h2-10,15-16H,11-14H2,1H3,(H2,25,26,29,33). The first-order valence-corrected chi connectivity index (χ1v) is 11.1. The van der Waals surface area contributed by atoms with E-state index in [1.54, 1.807) is 18.2 Å². The number of carbonyl (C=O) groups is 1. The maximum atomic E-state index is 12.5. The second-order valence-corrected chi connectivity index (χ2v) is 8.50. The third-order valence-electron chi connectivity index (χ3n) is 5.67. The van der Waals surface area contributed by atoms with Gasteiger partial charge < -0.3 is 14.6 Å². The first kappa shape index (κ1) is 22.5. The summed E-state index contributed by atoms with van der Waals surface area (Å²) in [4.78, 5) is 25.4. The third-order valence-corrected chi connectivity index (χ3v) is 5.88. The zero-order chi connectivity index (χ0) is 23.4. The van der Waals surface area contributed by atoms with E-state index < -0.39 is 10.8 Å². The molecule has 1 saturated heterocycles. The largest absolute Gasteiger partial charge is 0.451 e. The lowest BCUT2D eigenvalue weighted by Crippen LogP contribution is -2.34. The summed E-state index contributed by atoms with van der Waals surface area (Å²) in [6.07, 6.45) is 2.40. The minimum atomic E-state index is -0.511. The van der Waals surface area contributed by atoms with Crippen LogP contribution in [0.15, 0.2) is 65.1 Å². The van der Waals surface area contributed by atoms with Crippen LogP contribution in [0.3, 0.4) is 0 Å². The van der Waals surface area contributed by atoms with E-state index in [4.69, 9.17) is 16.6 Å². The number of non-ortho nitro benzene ring substituents is 1. The Morgan fingerprint density at radius 1 is 1.12 bits per heavy atom. The van der Waals surface area contributed by atoms with Crippen LogP contribution in [0.2, 0.25) is 0 Å². The number of furan rings is 1. The predicted octanol–water partition coefficient (Wildman–Crippen LogP) is 5.22. The molecular weight excluding hydrogens is 440 g/mol. The highest BCUT2D eigenvalue weighted by atomic mass is 32.1. The van der Waals surface area contributed by atoms with Gasteiger partial charge in [0.1, 0.15) is 5.76 Å². The highest BCUT2D eigenvalue weighted by Crippen LogP contribution is 2.26. The minimum Gasteiger partial charge on any atom is -0.451 e. The van der Waals surface area contributed by atoms with Crippen LogP contribution in [0.4, 0.5) is 17.1 Å². The average molecular weight is 465 g/mol. The molecule has 0 radical (unpaired) electrons. The topological polar surface area (TPSA) is 101 Å². The average Bonchev–Trinajstić information content (AvgIpc) is 3.31. The van der Waals surface area contributed by atoms with E-state index in [1.165, 1.54) is 36.7 Å². The number of anilines is 2. The van der Waals surface area contributed by atoms with Crippen LogP contribution in [-0.4, -0.2) is 29.0 Å². The molecule has 0 unspecified atom stereocenters. The fourth-order valence-corrected chi connectivity index (χ4v) is 3.95. The number of hydrogen-bond donors (Lipinski definition) is 2. The number of amides is 1. The Kier molecular flexibility index (Phi) is 6.69. The number of rotatable bonds is 5. The van der Waals surface area contributed by atoms with Crippen LogP contribution in [0.5, 0.6) is 0 Å². The lowest BCUT2D eigenvalue weighted by atomic mass is 9.99. The lowest BCUT2D eigenvalue weighted by molar-refractivity contribution is -0.384. The molecular formula is C24H24N4O4S. The Hall–Kier alpha value is -3.72. The van der Waals surface area contributed by atoms with E-state index in [0.29, 0.717) is 11.3 Å². The molecule has 0 saturated carbocycles. The molecule has 9 heteroatoms. The van der Waals surface area contributed by atoms with Crippen molar-refractivity contribution in [3.05, 3.63) is 76.5 Å². The Morgan fingerprint density at radius 2 is 1.85 bits per heavy atom. The minimum absolute atomic E-state index is 0.0512. The highest BCUT2D eigenvalue weighted by Gasteiger charge is 2.17. The van der Waals surface area contributed by atoms with Crippen molar-refractivity contribution in [3.63, 3.8) is 0 Å². The highest BCUT2D eigenvalue weighted by molar-refractivity contribution is 7.80. The number of piperidine rings is 1. The van der Waals surface area contributed by atoms with E-state index in [1.807, 2.05) is 24.3 Å². The number of nitrogens with zero attached hydrogens (tertiary/aromatic N) is 2. The molecule has 0 aliphatic carbocycles. The molecule has 1 aliphatic heterocycles. The quantitative estimate of drug-likeness (QED) is 0.303. The van der Waals surface area contributed by atoms with Gasteiger partial charge in [-0.15, -0.1) is 0 Å². The first-order valence-electron chi connectivity index (χ1n) is 10.7. The molecule has 8 nitrogen and oxygen atoms in total. The maximum absolute atomic E-state index is 12.5. The number of hydrogen-bond acceptors (Lipinski definition) is 6. The molecule has 170 valence electrons. The predicted molar refractivity (Wildman–Crippen MR) is 132 cm³/mol. The Balaban J connectivity index is 1.34. The molecule has 1 fully saturated rings. The molecule has 2 N–H and O–H groups in total. The molecule has 1 amide bonds. The van der Waals surface area contributed by atoms with Gasteiger partial charge in [-0.05, 0) is 67.4 Å². The van der Waals surface area contributed by atoms with Gasteiger partial charge in [-0.25, -0.2) is 0 Å². The molecule has 2 aromatic carbocycles. The molecule has 1 aliphatic rings. The summed E-state index contributed by atoms with van der Waals surface area (Å²) in [5.74, 6) is 0.670. The van der Waals surface area contributed by atoms with Gasteiger partial charge in [-0.3, -0.25) is 20.2 Å². The fourth-order valence-electron chi connectivity index (χ4n) is 3.74. The van der Waals surface area contributed by atoms with Gasteiger partial charge in [0.15, 0.2) is 10.9 Å². The van der Waals surface area contributed by atoms with Crippen molar-refractivity contribution < 1.29 is 14.1 Å². The van der Waals surface area contributed by atoms with Gasteiger partial charge in [0, 0.05) is 42.2 Å². The second kappa shape index (κ2) is 9.83. The first-order chi connectivity index (χ1) is 15.9. The number of thiocarbonyl (C=S) groups is 1. The molecule has 0 spiro atoms. The third kappa shape index (κ3) is 5.56. The van der Waals surface area contributed by atoms with Crippen LogP contribution in [0.25, 0.3) is 11.3 Å². The van der Waals surface area contributed by atoms with Crippen molar-refractivity contribution in [2.75, 3.05) is 23.3 Å². The number of nitro benzene ring substituents is 1. The molecule has 1 aromatic heterocycles. The number of benzene rings is 2. The van der Waals surface area contributed by atoms with Crippen LogP contribution < -0.4 is 15.5 Å². The van der Waals surface area contributed by atoms with E-state index >= 15 is 0 Å². The van der Waals surface area contributed by atoms with Crippen LogP contribution >= 0.6 is 12.2 Å². The molecule has 0 bridgehead atoms. The summed E-state index contributed by atoms with van der Waals surface area (Å²) < 4.78 is 5.58. The Labute approximate surface area is 196 Å². The van der Waals surface area contributed by atoms with E-state index in [9.17, 15) is 14.9 Å². The van der Waals surface area contributed by atoms with Gasteiger partial charge in [-0.1, -0.05) is 19.1 Å². The summed E-state index contributed by atoms with van der Waals surface area (Å²) in [5, 5.41) is 16.7. The SMILES string of the molecule is CC1CCN(c2ccc(NC(=S)NC(=O)c3ccc(-c4cccc([N+](=O)[O-])c4)o3)cc2)CC1. The lowest BCUT2D eigenvalue weighted by Gasteiger charge is -2.32. The fraction of sp³-hybridized carbons (Fsp3) is 0.250. The van der Waals surface area contributed by atoms with Gasteiger partial charge in [-0.2, -0.15) is 0 Å². The molecule has 2 heterocycles. The maximum Gasteiger partial charge on any atom is 0.293 e. The normalized spacial score (nSPS) is 14.0. The number of carbonyl (C=O) groups excluding carboxylic acids is 1. The van der Waals surface area contributed by atoms with Crippen molar-refractivity contribution in [1.82, 2.24) is 5.32 Å². The molecule has 4 rings (SSSR count). The summed E-state index contributed by atoms with van der Waals surface area (Å²) in [5.41, 5.74) is 2.39. The van der Waals surface area contributed by atoms with Crippen molar-refractivity contribution in [2.24, 2.45) is 5.92 Å². The van der Waals surface area contributed by atoms with E-state index in [0.717, 1.165) is 24.7 Å². The van der Waals surface area contributed by atoms with Crippen molar-refractivity contribution in [1.29, 1.82) is 0 Å². The van der Waals surface area contributed by atoms with Crippen LogP contribution in [0, 0.1) is 16.0 Å². The second-order valence-electron chi connectivity index (χ2n) is 8.10. The zero-order valence-corrected chi connectivity index (χ0v) is 18.9. The summed E-state index contributed by atoms with van der Waals surface area (Å²) in [6.45, 7) is 4.41. The summed E-state index contributed by atoms with van der Waals surface area (Å²) >= 11 is 5.26. The summed E-state index contributed by atoms with van der Waals surface area (Å²) in [6, 6.07) is 17.1. The van der Waals surface area contributed by atoms with Gasteiger partial charge in [0.25, 0.3) is 11.6 Å². The Bertz CT molecular complexity index is 1170. The number of nitrogens with one attached hydrogen (secondary N) is 2. The molecule has 33 heavy (non-hydrogen) atoms. The summed E-state index contributed by atoms with van der Waals surface area (Å²) in [7, 11) is 0. The monoisotopic (exact) mass is 464 g/mol. The van der Waals surface area contributed by atoms with Gasteiger partial charge >= 0.3 is 0 Å². The van der Waals surface area contributed by atoms with Gasteiger partial charge in [0.05, 0.1) is 4.92 Å². The Morgan fingerprint density at radius 3 is 2.55 bits per heavy atom. The van der Waals surface area contributed by atoms with E-state index in [-0.39, 0.29) is 16.6 Å². The molecule has 3 aromatic rings. The van der Waals surface area contributed by atoms with E-state index in [2.05, 4.69) is 22.5 Å². The van der Waals surface area contributed by atoms with Crippen molar-refractivity contribution in [2.45, 2.75) is 19.8 Å². The smallest absolute Gasteiger partial charge is 0.293 e.